The van der Waals surface area contributed by atoms with Crippen LogP contribution < -0.4 is 0 Å². The van der Waals surface area contributed by atoms with Crippen molar-refractivity contribution in [1.29, 1.82) is 0 Å². The standard InChI is InChI=1S/C13H14F2O4S/c1-12(2)6-13(7-12,11(16)17)20(18,19)10-5-8(14)3-4-9(10)15/h3-5H,6-7H2,1-2H3,(H,16,17). The first-order valence-corrected chi connectivity index (χ1v) is 7.43. The molecule has 1 saturated carbocycles. The van der Waals surface area contributed by atoms with Crippen LogP contribution in [0, 0.1) is 17.0 Å². The summed E-state index contributed by atoms with van der Waals surface area (Å²) in [4.78, 5) is 10.5. The lowest BCUT2D eigenvalue weighted by molar-refractivity contribution is -0.146. The van der Waals surface area contributed by atoms with Gasteiger partial charge in [0.25, 0.3) is 0 Å². The topological polar surface area (TPSA) is 71.4 Å². The summed E-state index contributed by atoms with van der Waals surface area (Å²) in [5, 5.41) is 9.28. The molecule has 2 rings (SSSR count). The molecule has 0 radical (unpaired) electrons. The molecule has 0 bridgehead atoms. The highest BCUT2D eigenvalue weighted by Crippen LogP contribution is 2.54. The molecule has 0 unspecified atom stereocenters. The smallest absolute Gasteiger partial charge is 0.325 e. The predicted octanol–water partition coefficient (Wildman–Crippen LogP) is 2.38. The maximum Gasteiger partial charge on any atom is 0.325 e. The van der Waals surface area contributed by atoms with Crippen LogP contribution in [0.5, 0.6) is 0 Å². The number of carboxylic acid groups (broad SMARTS) is 1. The van der Waals surface area contributed by atoms with Crippen molar-refractivity contribution in [2.24, 2.45) is 5.41 Å². The number of sulfone groups is 1. The van der Waals surface area contributed by atoms with Gasteiger partial charge in [0, 0.05) is 0 Å². The zero-order valence-corrected chi connectivity index (χ0v) is 11.8. The van der Waals surface area contributed by atoms with E-state index in [0.717, 1.165) is 6.07 Å². The van der Waals surface area contributed by atoms with E-state index >= 15 is 0 Å². The minimum atomic E-state index is -4.50. The van der Waals surface area contributed by atoms with E-state index in [1.54, 1.807) is 13.8 Å². The number of benzene rings is 1. The van der Waals surface area contributed by atoms with Gasteiger partial charge in [0.2, 0.25) is 0 Å². The van der Waals surface area contributed by atoms with Crippen LogP contribution in [0.15, 0.2) is 23.1 Å². The van der Waals surface area contributed by atoms with Gasteiger partial charge in [-0.2, -0.15) is 0 Å². The van der Waals surface area contributed by atoms with Gasteiger partial charge in [-0.1, -0.05) is 13.8 Å². The van der Waals surface area contributed by atoms with E-state index in [9.17, 15) is 27.1 Å². The Balaban J connectivity index is 2.60. The van der Waals surface area contributed by atoms with Crippen LogP contribution in [0.4, 0.5) is 8.78 Å². The number of rotatable bonds is 3. The second-order valence-electron chi connectivity index (χ2n) is 5.90. The molecule has 0 heterocycles. The van der Waals surface area contributed by atoms with Gasteiger partial charge >= 0.3 is 5.97 Å². The van der Waals surface area contributed by atoms with Crippen molar-refractivity contribution in [3.8, 4) is 0 Å². The first-order chi connectivity index (χ1) is 9.02. The Kier molecular flexibility index (Phi) is 3.16. The molecule has 0 spiro atoms. The Morgan fingerprint density at radius 1 is 1.25 bits per heavy atom. The van der Waals surface area contributed by atoms with Crippen LogP contribution >= 0.6 is 0 Å². The van der Waals surface area contributed by atoms with Crippen LogP contribution in [0.3, 0.4) is 0 Å². The monoisotopic (exact) mass is 304 g/mol. The molecular formula is C13H14F2O4S. The predicted molar refractivity (Wildman–Crippen MR) is 66.9 cm³/mol. The highest BCUT2D eigenvalue weighted by Gasteiger charge is 2.64. The average molecular weight is 304 g/mol. The zero-order valence-electron chi connectivity index (χ0n) is 11.0. The lowest BCUT2D eigenvalue weighted by Crippen LogP contribution is -2.59. The molecule has 1 N–H and O–H groups in total. The van der Waals surface area contributed by atoms with Crippen molar-refractivity contribution in [1.82, 2.24) is 0 Å². The van der Waals surface area contributed by atoms with Crippen molar-refractivity contribution in [3.63, 3.8) is 0 Å². The van der Waals surface area contributed by atoms with E-state index < -0.39 is 42.5 Å². The molecule has 1 aliphatic rings. The average Bonchev–Trinajstić information content (AvgIpc) is 2.28. The Morgan fingerprint density at radius 3 is 2.25 bits per heavy atom. The van der Waals surface area contributed by atoms with Gasteiger partial charge < -0.3 is 5.11 Å². The fourth-order valence-electron chi connectivity index (χ4n) is 2.84. The number of hydrogen-bond acceptors (Lipinski definition) is 3. The third-order valence-electron chi connectivity index (χ3n) is 3.62. The van der Waals surface area contributed by atoms with Gasteiger partial charge in [-0.05, 0) is 36.5 Å². The van der Waals surface area contributed by atoms with Crippen molar-refractivity contribution in [3.05, 3.63) is 29.8 Å². The summed E-state index contributed by atoms with van der Waals surface area (Å²) in [7, 11) is -4.50. The summed E-state index contributed by atoms with van der Waals surface area (Å²) < 4.78 is 49.7. The molecule has 1 aromatic carbocycles. The minimum Gasteiger partial charge on any atom is -0.480 e. The quantitative estimate of drug-likeness (QED) is 0.930. The first kappa shape index (κ1) is 14.9. The molecule has 0 atom stereocenters. The molecule has 0 saturated heterocycles. The van der Waals surface area contributed by atoms with E-state index in [1.165, 1.54) is 0 Å². The summed E-state index contributed by atoms with van der Waals surface area (Å²) in [6.45, 7) is 3.46. The Bertz CT molecular complexity index is 672. The molecule has 1 aromatic rings. The Morgan fingerprint density at radius 2 is 1.80 bits per heavy atom. The number of carbonyl (C=O) groups is 1. The summed E-state index contributed by atoms with van der Waals surface area (Å²) in [5.74, 6) is -3.60. The highest BCUT2D eigenvalue weighted by atomic mass is 32.2. The molecule has 1 fully saturated rings. The molecule has 4 nitrogen and oxygen atoms in total. The molecule has 1 aliphatic carbocycles. The lowest BCUT2D eigenvalue weighted by Gasteiger charge is -2.49. The van der Waals surface area contributed by atoms with Crippen molar-refractivity contribution in [2.75, 3.05) is 0 Å². The van der Waals surface area contributed by atoms with E-state index in [4.69, 9.17) is 0 Å². The van der Waals surface area contributed by atoms with Gasteiger partial charge in [0.15, 0.2) is 14.6 Å². The van der Waals surface area contributed by atoms with Crippen LogP contribution in [-0.2, 0) is 14.6 Å². The fourth-order valence-corrected chi connectivity index (χ4v) is 5.25. The zero-order chi connectivity index (χ0) is 15.3. The summed E-state index contributed by atoms with van der Waals surface area (Å²) >= 11 is 0. The minimum absolute atomic E-state index is 0.131. The van der Waals surface area contributed by atoms with Crippen molar-refractivity contribution < 1.29 is 27.1 Å². The number of hydrogen-bond donors (Lipinski definition) is 1. The van der Waals surface area contributed by atoms with Gasteiger partial charge in [0.1, 0.15) is 16.5 Å². The molecule has 110 valence electrons. The Labute approximate surface area is 115 Å². The van der Waals surface area contributed by atoms with E-state index in [-0.39, 0.29) is 12.8 Å². The first-order valence-electron chi connectivity index (χ1n) is 5.95. The van der Waals surface area contributed by atoms with Crippen LogP contribution in [0.1, 0.15) is 26.7 Å². The molecule has 7 heteroatoms. The maximum absolute atomic E-state index is 13.7. The van der Waals surface area contributed by atoms with Crippen LogP contribution in [0.2, 0.25) is 0 Å². The SMILES string of the molecule is CC1(C)CC(C(=O)O)(S(=O)(=O)c2cc(F)ccc2F)C1. The Hall–Kier alpha value is -1.50. The summed E-state index contributed by atoms with van der Waals surface area (Å²) in [6.07, 6.45) is -0.263. The van der Waals surface area contributed by atoms with Gasteiger partial charge in [-0.15, -0.1) is 0 Å². The lowest BCUT2D eigenvalue weighted by atomic mass is 9.64. The molecule has 20 heavy (non-hydrogen) atoms. The molecular weight excluding hydrogens is 290 g/mol. The van der Waals surface area contributed by atoms with E-state index in [0.29, 0.717) is 12.1 Å². The summed E-state index contributed by atoms with van der Waals surface area (Å²) in [5.41, 5.74) is -0.463. The number of carboxylic acids is 1. The largest absolute Gasteiger partial charge is 0.480 e. The van der Waals surface area contributed by atoms with E-state index in [2.05, 4.69) is 0 Å². The second kappa shape index (κ2) is 4.25. The van der Waals surface area contributed by atoms with Crippen LogP contribution in [-0.4, -0.2) is 24.2 Å². The third-order valence-corrected chi connectivity index (χ3v) is 6.00. The van der Waals surface area contributed by atoms with Crippen molar-refractivity contribution >= 4 is 15.8 Å². The second-order valence-corrected chi connectivity index (χ2v) is 8.12. The van der Waals surface area contributed by atoms with Gasteiger partial charge in [-0.25, -0.2) is 17.2 Å². The fraction of sp³-hybridized carbons (Fsp3) is 0.462. The molecule has 0 amide bonds. The van der Waals surface area contributed by atoms with Crippen molar-refractivity contribution in [2.45, 2.75) is 36.3 Å². The molecule has 0 aromatic heterocycles. The third kappa shape index (κ3) is 2.00. The molecule has 0 aliphatic heterocycles. The highest BCUT2D eigenvalue weighted by molar-refractivity contribution is 7.93. The van der Waals surface area contributed by atoms with Gasteiger partial charge in [0.05, 0.1) is 0 Å². The maximum atomic E-state index is 13.7. The normalized spacial score (nSPS) is 20.2. The number of halogens is 2. The number of aliphatic carboxylic acids is 1. The van der Waals surface area contributed by atoms with E-state index in [1.807, 2.05) is 0 Å². The summed E-state index contributed by atoms with van der Waals surface area (Å²) in [6, 6.07) is 1.99. The van der Waals surface area contributed by atoms with Gasteiger partial charge in [-0.3, -0.25) is 4.79 Å². The van der Waals surface area contributed by atoms with Crippen LogP contribution in [0.25, 0.3) is 0 Å².